The number of rotatable bonds is 4. The summed E-state index contributed by atoms with van der Waals surface area (Å²) in [4.78, 5) is 23.5. The number of hydrogen-bond acceptors (Lipinski definition) is 3. The van der Waals surface area contributed by atoms with Crippen LogP contribution in [0.15, 0.2) is 42.5 Å². The van der Waals surface area contributed by atoms with Crippen molar-refractivity contribution in [1.29, 1.82) is 0 Å². The molecule has 0 fully saturated rings. The Morgan fingerprint density at radius 2 is 1.67 bits per heavy atom. The number of hydrogen-bond donors (Lipinski definition) is 3. The molecular weight excluding hydrogens is 318 g/mol. The molecule has 1 unspecified atom stereocenters. The maximum atomic E-state index is 13.2. The molecule has 0 radical (unpaired) electrons. The lowest BCUT2D eigenvalue weighted by molar-refractivity contribution is -0.136. The van der Waals surface area contributed by atoms with Gasteiger partial charge in [0.2, 0.25) is 0 Å². The molecule has 2 aromatic carbocycles. The number of aliphatic hydroxyl groups is 1. The predicted molar refractivity (Wildman–Crippen MR) is 84.1 cm³/mol. The Morgan fingerprint density at radius 3 is 2.33 bits per heavy atom. The van der Waals surface area contributed by atoms with Gasteiger partial charge in [0.1, 0.15) is 11.6 Å². The third-order valence-electron chi connectivity index (χ3n) is 3.36. The molecule has 0 aliphatic heterocycles. The quantitative estimate of drug-likeness (QED) is 0.749. The fourth-order valence-electron chi connectivity index (χ4n) is 1.98. The van der Waals surface area contributed by atoms with Gasteiger partial charge in [-0.15, -0.1) is 0 Å². The highest BCUT2D eigenvalue weighted by Gasteiger charge is 2.17. The standard InChI is InChI=1S/C17H16F2N2O3/c1-10-2-5-13(19)8-14(10)21-17(24)16(23)20-9-15(22)11-3-6-12(18)7-4-11/h2-8,15,22H,9H2,1H3,(H,20,23)(H,21,24). The highest BCUT2D eigenvalue weighted by Crippen LogP contribution is 2.16. The van der Waals surface area contributed by atoms with Crippen molar-refractivity contribution in [2.75, 3.05) is 11.9 Å². The van der Waals surface area contributed by atoms with E-state index in [2.05, 4.69) is 10.6 Å². The maximum Gasteiger partial charge on any atom is 0.313 e. The molecule has 0 aromatic heterocycles. The van der Waals surface area contributed by atoms with Crippen LogP contribution in [-0.4, -0.2) is 23.5 Å². The number of nitrogens with one attached hydrogen (secondary N) is 2. The van der Waals surface area contributed by atoms with Crippen molar-refractivity contribution in [3.8, 4) is 0 Å². The van der Waals surface area contributed by atoms with E-state index in [4.69, 9.17) is 0 Å². The van der Waals surface area contributed by atoms with Crippen molar-refractivity contribution in [2.24, 2.45) is 0 Å². The van der Waals surface area contributed by atoms with Crippen LogP contribution in [0.2, 0.25) is 0 Å². The fourth-order valence-corrected chi connectivity index (χ4v) is 1.98. The Bertz CT molecular complexity index is 748. The minimum Gasteiger partial charge on any atom is -0.387 e. The number of benzene rings is 2. The zero-order chi connectivity index (χ0) is 17.7. The summed E-state index contributed by atoms with van der Waals surface area (Å²) in [5.74, 6) is -2.93. The number of carbonyl (C=O) groups excluding carboxylic acids is 2. The van der Waals surface area contributed by atoms with E-state index in [-0.39, 0.29) is 12.2 Å². The summed E-state index contributed by atoms with van der Waals surface area (Å²) in [5.41, 5.74) is 1.19. The van der Waals surface area contributed by atoms with Crippen LogP contribution in [0, 0.1) is 18.6 Å². The van der Waals surface area contributed by atoms with Crippen LogP contribution >= 0.6 is 0 Å². The van der Waals surface area contributed by atoms with E-state index in [0.717, 1.165) is 6.07 Å². The van der Waals surface area contributed by atoms with E-state index in [1.807, 2.05) is 0 Å². The average molecular weight is 334 g/mol. The molecule has 1 atom stereocenters. The van der Waals surface area contributed by atoms with Crippen molar-refractivity contribution in [3.63, 3.8) is 0 Å². The molecule has 0 spiro atoms. The molecule has 126 valence electrons. The third-order valence-corrected chi connectivity index (χ3v) is 3.36. The first-order chi connectivity index (χ1) is 11.4. The van der Waals surface area contributed by atoms with Crippen LogP contribution in [0.25, 0.3) is 0 Å². The molecular formula is C17H16F2N2O3. The monoisotopic (exact) mass is 334 g/mol. The largest absolute Gasteiger partial charge is 0.387 e. The third kappa shape index (κ3) is 4.60. The Labute approximate surface area is 137 Å². The van der Waals surface area contributed by atoms with E-state index in [0.29, 0.717) is 11.1 Å². The second-order valence-corrected chi connectivity index (χ2v) is 5.19. The molecule has 24 heavy (non-hydrogen) atoms. The summed E-state index contributed by atoms with van der Waals surface area (Å²) in [6.07, 6.45) is -1.08. The molecule has 7 heteroatoms. The van der Waals surface area contributed by atoms with Crippen LogP contribution in [-0.2, 0) is 9.59 Å². The second kappa shape index (κ2) is 7.65. The van der Waals surface area contributed by atoms with Gasteiger partial charge in [0.05, 0.1) is 6.10 Å². The molecule has 2 amide bonds. The summed E-state index contributed by atoms with van der Waals surface area (Å²) < 4.78 is 26.0. The minimum atomic E-state index is -1.08. The van der Waals surface area contributed by atoms with Gasteiger partial charge in [-0.3, -0.25) is 9.59 Å². The summed E-state index contributed by atoms with van der Waals surface area (Å²) in [6.45, 7) is 1.44. The van der Waals surface area contributed by atoms with Gasteiger partial charge >= 0.3 is 11.8 Å². The van der Waals surface area contributed by atoms with Crippen molar-refractivity contribution < 1.29 is 23.5 Å². The predicted octanol–water partition coefficient (Wildman–Crippen LogP) is 2.06. The lowest BCUT2D eigenvalue weighted by Gasteiger charge is -2.13. The molecule has 0 saturated heterocycles. The molecule has 0 heterocycles. The van der Waals surface area contributed by atoms with E-state index in [1.54, 1.807) is 6.92 Å². The topological polar surface area (TPSA) is 78.4 Å². The highest BCUT2D eigenvalue weighted by atomic mass is 19.1. The molecule has 0 aliphatic carbocycles. The van der Waals surface area contributed by atoms with Crippen molar-refractivity contribution >= 4 is 17.5 Å². The maximum absolute atomic E-state index is 13.2. The van der Waals surface area contributed by atoms with Crippen LogP contribution in [0.1, 0.15) is 17.2 Å². The SMILES string of the molecule is Cc1ccc(F)cc1NC(=O)C(=O)NCC(O)c1ccc(F)cc1. The number of aliphatic hydroxyl groups excluding tert-OH is 1. The Morgan fingerprint density at radius 1 is 1.04 bits per heavy atom. The first-order valence-electron chi connectivity index (χ1n) is 7.15. The second-order valence-electron chi connectivity index (χ2n) is 5.19. The van der Waals surface area contributed by atoms with Gasteiger partial charge in [-0.1, -0.05) is 18.2 Å². The number of carbonyl (C=O) groups is 2. The molecule has 0 saturated carbocycles. The summed E-state index contributed by atoms with van der Waals surface area (Å²) in [5, 5.41) is 14.5. The number of anilines is 1. The first kappa shape index (κ1) is 17.6. The van der Waals surface area contributed by atoms with Crippen molar-refractivity contribution in [1.82, 2.24) is 5.32 Å². The molecule has 3 N–H and O–H groups in total. The highest BCUT2D eigenvalue weighted by molar-refractivity contribution is 6.39. The zero-order valence-electron chi connectivity index (χ0n) is 12.8. The van der Waals surface area contributed by atoms with Gasteiger partial charge in [0.15, 0.2) is 0 Å². The molecule has 0 bridgehead atoms. The van der Waals surface area contributed by atoms with Gasteiger partial charge in [-0.25, -0.2) is 8.78 Å². The minimum absolute atomic E-state index is 0.189. The van der Waals surface area contributed by atoms with E-state index < -0.39 is 29.6 Å². The summed E-state index contributed by atoms with van der Waals surface area (Å²) in [7, 11) is 0. The van der Waals surface area contributed by atoms with E-state index in [9.17, 15) is 23.5 Å². The first-order valence-corrected chi connectivity index (χ1v) is 7.15. The van der Waals surface area contributed by atoms with E-state index >= 15 is 0 Å². The normalized spacial score (nSPS) is 11.7. The van der Waals surface area contributed by atoms with E-state index in [1.165, 1.54) is 36.4 Å². The van der Waals surface area contributed by atoms with Gasteiger partial charge in [0.25, 0.3) is 0 Å². The molecule has 2 aromatic rings. The van der Waals surface area contributed by atoms with Crippen molar-refractivity contribution in [3.05, 3.63) is 65.2 Å². The van der Waals surface area contributed by atoms with Crippen LogP contribution in [0.3, 0.4) is 0 Å². The Balaban J connectivity index is 1.90. The smallest absolute Gasteiger partial charge is 0.313 e. The van der Waals surface area contributed by atoms with Gasteiger partial charge in [-0.2, -0.15) is 0 Å². The van der Waals surface area contributed by atoms with Crippen molar-refractivity contribution in [2.45, 2.75) is 13.0 Å². The van der Waals surface area contributed by atoms with Gasteiger partial charge < -0.3 is 15.7 Å². The van der Waals surface area contributed by atoms with Gasteiger partial charge in [-0.05, 0) is 42.3 Å². The number of amides is 2. The number of halogens is 2. The molecule has 5 nitrogen and oxygen atoms in total. The zero-order valence-corrected chi connectivity index (χ0v) is 12.8. The molecule has 0 aliphatic rings. The lowest BCUT2D eigenvalue weighted by Crippen LogP contribution is -2.37. The van der Waals surface area contributed by atoms with Crippen LogP contribution < -0.4 is 10.6 Å². The van der Waals surface area contributed by atoms with Gasteiger partial charge in [0, 0.05) is 12.2 Å². The molecule has 2 rings (SSSR count). The average Bonchev–Trinajstić information content (AvgIpc) is 2.56. The van der Waals surface area contributed by atoms with Crippen LogP contribution in [0.4, 0.5) is 14.5 Å². The Kier molecular flexibility index (Phi) is 5.59. The lowest BCUT2D eigenvalue weighted by atomic mass is 10.1. The Hall–Kier alpha value is -2.80. The number of aryl methyl sites for hydroxylation is 1. The van der Waals surface area contributed by atoms with Crippen LogP contribution in [0.5, 0.6) is 0 Å². The summed E-state index contributed by atoms with van der Waals surface area (Å²) in [6, 6.07) is 8.93. The fraction of sp³-hybridized carbons (Fsp3) is 0.176. The summed E-state index contributed by atoms with van der Waals surface area (Å²) >= 11 is 0.